The van der Waals surface area contributed by atoms with Gasteiger partial charge in [-0.25, -0.2) is 0 Å². The van der Waals surface area contributed by atoms with Crippen LogP contribution in [-0.4, -0.2) is 24.1 Å². The van der Waals surface area contributed by atoms with E-state index in [1.54, 1.807) is 6.20 Å². The van der Waals surface area contributed by atoms with Crippen molar-refractivity contribution in [2.75, 3.05) is 7.11 Å². The number of rotatable bonds is 6. The summed E-state index contributed by atoms with van der Waals surface area (Å²) in [6.07, 6.45) is 2.76. The molecule has 0 aliphatic heterocycles. The molecule has 1 aromatic rings. The fraction of sp³-hybridized carbons (Fsp3) is 0.571. The van der Waals surface area contributed by atoms with Crippen molar-refractivity contribution in [1.82, 2.24) is 10.3 Å². The van der Waals surface area contributed by atoms with Crippen LogP contribution in [0.3, 0.4) is 0 Å². The fourth-order valence-electron chi connectivity index (χ4n) is 1.78. The van der Waals surface area contributed by atoms with Gasteiger partial charge in [-0.3, -0.25) is 9.78 Å². The smallest absolute Gasteiger partial charge is 0.309 e. The number of hydrogen-bond donors (Lipinski definition) is 1. The first-order valence-corrected chi connectivity index (χ1v) is 6.34. The standard InChI is InChI=1S/C14H22N2O2/c1-5-12-7-6-8-15-13(12)9-16-11(3)10(2)14(17)18-4/h6-8,10-11,16H,5,9H2,1-4H3. The molecule has 4 nitrogen and oxygen atoms in total. The van der Waals surface area contributed by atoms with Crippen LogP contribution < -0.4 is 5.32 Å². The van der Waals surface area contributed by atoms with Gasteiger partial charge in [0.05, 0.1) is 18.7 Å². The van der Waals surface area contributed by atoms with Gasteiger partial charge in [0.2, 0.25) is 0 Å². The highest BCUT2D eigenvalue weighted by atomic mass is 16.5. The molecule has 1 aromatic heterocycles. The molecule has 0 aliphatic carbocycles. The van der Waals surface area contributed by atoms with Crippen molar-refractivity contribution in [3.63, 3.8) is 0 Å². The Kier molecular flexibility index (Phi) is 5.78. The van der Waals surface area contributed by atoms with Crippen molar-refractivity contribution in [3.8, 4) is 0 Å². The lowest BCUT2D eigenvalue weighted by atomic mass is 10.0. The van der Waals surface area contributed by atoms with Crippen LogP contribution in [0.1, 0.15) is 32.0 Å². The SMILES string of the molecule is CCc1cccnc1CNC(C)C(C)C(=O)OC. The van der Waals surface area contributed by atoms with Crippen molar-refractivity contribution in [2.45, 2.75) is 39.8 Å². The summed E-state index contributed by atoms with van der Waals surface area (Å²) < 4.78 is 4.74. The molecule has 0 aromatic carbocycles. The maximum atomic E-state index is 11.4. The van der Waals surface area contributed by atoms with Gasteiger partial charge in [0.25, 0.3) is 0 Å². The van der Waals surface area contributed by atoms with E-state index in [2.05, 4.69) is 23.3 Å². The van der Waals surface area contributed by atoms with Gasteiger partial charge in [-0.2, -0.15) is 0 Å². The first-order valence-electron chi connectivity index (χ1n) is 6.34. The molecule has 0 spiro atoms. The van der Waals surface area contributed by atoms with Crippen LogP contribution in [0.2, 0.25) is 0 Å². The van der Waals surface area contributed by atoms with Crippen LogP contribution in [-0.2, 0) is 22.5 Å². The van der Waals surface area contributed by atoms with Crippen molar-refractivity contribution >= 4 is 5.97 Å². The summed E-state index contributed by atoms with van der Waals surface area (Å²) in [4.78, 5) is 15.8. The van der Waals surface area contributed by atoms with E-state index in [-0.39, 0.29) is 17.9 Å². The Morgan fingerprint density at radius 3 is 2.83 bits per heavy atom. The van der Waals surface area contributed by atoms with Gasteiger partial charge in [0, 0.05) is 18.8 Å². The van der Waals surface area contributed by atoms with E-state index in [0.29, 0.717) is 6.54 Å². The first kappa shape index (κ1) is 14.6. The van der Waals surface area contributed by atoms with Crippen LogP contribution >= 0.6 is 0 Å². The van der Waals surface area contributed by atoms with E-state index in [4.69, 9.17) is 4.74 Å². The van der Waals surface area contributed by atoms with Gasteiger partial charge in [-0.05, 0) is 25.0 Å². The van der Waals surface area contributed by atoms with Crippen molar-refractivity contribution in [2.24, 2.45) is 5.92 Å². The molecule has 0 amide bonds. The molecule has 0 saturated carbocycles. The lowest BCUT2D eigenvalue weighted by molar-refractivity contribution is -0.145. The first-order chi connectivity index (χ1) is 8.60. The Bertz CT molecular complexity index is 393. The second-order valence-corrected chi connectivity index (χ2v) is 4.44. The Balaban J connectivity index is 2.57. The average molecular weight is 250 g/mol. The van der Waals surface area contributed by atoms with Crippen molar-refractivity contribution in [1.29, 1.82) is 0 Å². The zero-order valence-electron chi connectivity index (χ0n) is 11.6. The van der Waals surface area contributed by atoms with E-state index >= 15 is 0 Å². The Hall–Kier alpha value is -1.42. The normalized spacial score (nSPS) is 14.0. The minimum Gasteiger partial charge on any atom is -0.469 e. The third kappa shape index (κ3) is 3.81. The molecule has 1 rings (SSSR count). The summed E-state index contributed by atoms with van der Waals surface area (Å²) in [6, 6.07) is 4.09. The van der Waals surface area contributed by atoms with Gasteiger partial charge in [0.15, 0.2) is 0 Å². The van der Waals surface area contributed by atoms with Gasteiger partial charge < -0.3 is 10.1 Å². The molecule has 0 saturated heterocycles. The number of ether oxygens (including phenoxy) is 1. The number of carbonyl (C=O) groups excluding carboxylic acids is 1. The molecule has 4 heteroatoms. The zero-order chi connectivity index (χ0) is 13.5. The van der Waals surface area contributed by atoms with Gasteiger partial charge in [-0.1, -0.05) is 19.9 Å². The monoisotopic (exact) mass is 250 g/mol. The van der Waals surface area contributed by atoms with Crippen LogP contribution in [0, 0.1) is 5.92 Å². The van der Waals surface area contributed by atoms with Crippen molar-refractivity contribution < 1.29 is 9.53 Å². The molecular formula is C14H22N2O2. The van der Waals surface area contributed by atoms with Gasteiger partial charge in [0.1, 0.15) is 0 Å². The summed E-state index contributed by atoms with van der Waals surface area (Å²) in [5.41, 5.74) is 2.28. The van der Waals surface area contributed by atoms with Crippen LogP contribution in [0.5, 0.6) is 0 Å². The topological polar surface area (TPSA) is 51.2 Å². The Labute approximate surface area is 109 Å². The minimum atomic E-state index is -0.188. The van der Waals surface area contributed by atoms with E-state index < -0.39 is 0 Å². The summed E-state index contributed by atoms with van der Waals surface area (Å²) in [5.74, 6) is -0.351. The maximum absolute atomic E-state index is 11.4. The van der Waals surface area contributed by atoms with E-state index in [9.17, 15) is 4.79 Å². The van der Waals surface area contributed by atoms with Gasteiger partial charge >= 0.3 is 5.97 Å². The molecule has 100 valence electrons. The quantitative estimate of drug-likeness (QED) is 0.784. The Morgan fingerprint density at radius 2 is 2.22 bits per heavy atom. The number of carbonyl (C=O) groups is 1. The number of pyridine rings is 1. The second kappa shape index (κ2) is 7.11. The highest BCUT2D eigenvalue weighted by molar-refractivity contribution is 5.72. The summed E-state index contributed by atoms with van der Waals surface area (Å²) >= 11 is 0. The number of esters is 1. The Morgan fingerprint density at radius 1 is 1.50 bits per heavy atom. The van der Waals surface area contributed by atoms with Gasteiger partial charge in [-0.15, -0.1) is 0 Å². The number of aryl methyl sites for hydroxylation is 1. The van der Waals surface area contributed by atoms with Crippen LogP contribution in [0.15, 0.2) is 18.3 Å². The molecular weight excluding hydrogens is 228 g/mol. The average Bonchev–Trinajstić information content (AvgIpc) is 2.43. The molecule has 2 atom stereocenters. The summed E-state index contributed by atoms with van der Waals surface area (Å²) in [7, 11) is 1.42. The van der Waals surface area contributed by atoms with E-state index in [0.717, 1.165) is 12.1 Å². The third-order valence-corrected chi connectivity index (χ3v) is 3.28. The largest absolute Gasteiger partial charge is 0.469 e. The van der Waals surface area contributed by atoms with Crippen LogP contribution in [0.25, 0.3) is 0 Å². The molecule has 1 N–H and O–H groups in total. The molecule has 2 unspecified atom stereocenters. The lowest BCUT2D eigenvalue weighted by Gasteiger charge is -2.19. The van der Waals surface area contributed by atoms with E-state index in [1.807, 2.05) is 19.9 Å². The molecule has 1 heterocycles. The number of aromatic nitrogens is 1. The number of nitrogens with zero attached hydrogens (tertiary/aromatic N) is 1. The number of nitrogens with one attached hydrogen (secondary N) is 1. The molecule has 0 radical (unpaired) electrons. The molecule has 0 bridgehead atoms. The van der Waals surface area contributed by atoms with Crippen molar-refractivity contribution in [3.05, 3.63) is 29.6 Å². The zero-order valence-corrected chi connectivity index (χ0v) is 11.6. The highest BCUT2D eigenvalue weighted by Gasteiger charge is 2.20. The maximum Gasteiger partial charge on any atom is 0.309 e. The highest BCUT2D eigenvalue weighted by Crippen LogP contribution is 2.09. The second-order valence-electron chi connectivity index (χ2n) is 4.44. The van der Waals surface area contributed by atoms with Crippen LogP contribution in [0.4, 0.5) is 0 Å². The van der Waals surface area contributed by atoms with E-state index in [1.165, 1.54) is 12.7 Å². The summed E-state index contributed by atoms with van der Waals surface area (Å²) in [6.45, 7) is 6.63. The predicted octanol–water partition coefficient (Wildman–Crippen LogP) is 1.93. The fourth-order valence-corrected chi connectivity index (χ4v) is 1.78. The number of hydrogen-bond acceptors (Lipinski definition) is 4. The number of methoxy groups -OCH3 is 1. The molecule has 18 heavy (non-hydrogen) atoms. The minimum absolute atomic E-state index is 0.0594. The lowest BCUT2D eigenvalue weighted by Crippen LogP contribution is -2.36. The summed E-state index contributed by atoms with van der Waals surface area (Å²) in [5, 5.41) is 3.33. The predicted molar refractivity (Wildman–Crippen MR) is 71.1 cm³/mol. The molecule has 0 fully saturated rings. The third-order valence-electron chi connectivity index (χ3n) is 3.28. The molecule has 0 aliphatic rings.